The summed E-state index contributed by atoms with van der Waals surface area (Å²) in [5.74, 6) is -0.299. The Balaban J connectivity index is 2.22. The normalized spacial score (nSPS) is 12.2. The summed E-state index contributed by atoms with van der Waals surface area (Å²) in [4.78, 5) is 0. The predicted molar refractivity (Wildman–Crippen MR) is 72.9 cm³/mol. The quantitative estimate of drug-likeness (QED) is 0.789. The minimum atomic E-state index is -0.298. The van der Waals surface area contributed by atoms with Crippen molar-refractivity contribution in [1.82, 2.24) is 0 Å². The van der Waals surface area contributed by atoms with E-state index in [1.165, 1.54) is 18.2 Å². The second-order valence-electron chi connectivity index (χ2n) is 4.67. The van der Waals surface area contributed by atoms with E-state index >= 15 is 0 Å². The molecule has 0 aliphatic heterocycles. The molecule has 2 aromatic rings. The number of rotatable bonds is 3. The molecule has 2 rings (SSSR count). The van der Waals surface area contributed by atoms with Crippen LogP contribution in [0.2, 0.25) is 0 Å². The van der Waals surface area contributed by atoms with Crippen LogP contribution in [0.5, 0.6) is 11.5 Å². The van der Waals surface area contributed by atoms with Crippen LogP contribution in [-0.2, 0) is 0 Å². The van der Waals surface area contributed by atoms with Gasteiger partial charge < -0.3 is 15.5 Å². The lowest BCUT2D eigenvalue weighted by molar-refractivity contribution is 0.448. The first-order valence-electron chi connectivity index (χ1n) is 6.00. The Labute approximate surface area is 111 Å². The summed E-state index contributed by atoms with van der Waals surface area (Å²) >= 11 is 0. The van der Waals surface area contributed by atoms with Crippen molar-refractivity contribution < 1.29 is 14.6 Å². The smallest absolute Gasteiger partial charge is 0.125 e. The lowest BCUT2D eigenvalue weighted by Gasteiger charge is -2.17. The molecule has 0 heterocycles. The highest BCUT2D eigenvalue weighted by molar-refractivity contribution is 5.49. The number of halogens is 1. The number of phenolic OH excluding ortho intramolecular Hbond substituents is 2. The lowest BCUT2D eigenvalue weighted by Crippen LogP contribution is -2.06. The number of anilines is 1. The number of phenols is 2. The fraction of sp³-hybridized carbons (Fsp3) is 0.200. The fourth-order valence-corrected chi connectivity index (χ4v) is 2.02. The number of aryl methyl sites for hydroxylation is 1. The van der Waals surface area contributed by atoms with E-state index in [4.69, 9.17) is 0 Å². The number of hydrogen-bond acceptors (Lipinski definition) is 3. The molecule has 0 fully saturated rings. The van der Waals surface area contributed by atoms with Crippen molar-refractivity contribution in [3.8, 4) is 11.5 Å². The first kappa shape index (κ1) is 13.2. The van der Waals surface area contributed by atoms with Gasteiger partial charge in [0, 0.05) is 17.8 Å². The van der Waals surface area contributed by atoms with Crippen molar-refractivity contribution in [3.05, 3.63) is 53.3 Å². The van der Waals surface area contributed by atoms with Crippen molar-refractivity contribution in [1.29, 1.82) is 0 Å². The first-order chi connectivity index (χ1) is 8.94. The van der Waals surface area contributed by atoms with Gasteiger partial charge in [-0.1, -0.05) is 0 Å². The summed E-state index contributed by atoms with van der Waals surface area (Å²) in [6.07, 6.45) is 0. The van der Waals surface area contributed by atoms with Gasteiger partial charge in [-0.3, -0.25) is 0 Å². The van der Waals surface area contributed by atoms with Crippen LogP contribution < -0.4 is 5.32 Å². The van der Waals surface area contributed by atoms with E-state index in [0.717, 1.165) is 11.1 Å². The summed E-state index contributed by atoms with van der Waals surface area (Å²) in [7, 11) is 0. The van der Waals surface area contributed by atoms with E-state index in [0.29, 0.717) is 5.69 Å². The van der Waals surface area contributed by atoms with E-state index in [1.807, 2.05) is 19.9 Å². The molecule has 0 saturated heterocycles. The third-order valence-electron chi connectivity index (χ3n) is 2.85. The molecule has 0 radical (unpaired) electrons. The molecular weight excluding hydrogens is 245 g/mol. The largest absolute Gasteiger partial charge is 0.508 e. The van der Waals surface area contributed by atoms with Gasteiger partial charge >= 0.3 is 0 Å². The molecule has 0 spiro atoms. The Morgan fingerprint density at radius 2 is 1.63 bits per heavy atom. The topological polar surface area (TPSA) is 52.5 Å². The zero-order chi connectivity index (χ0) is 14.0. The average Bonchev–Trinajstić information content (AvgIpc) is 2.25. The number of hydrogen-bond donors (Lipinski definition) is 3. The molecule has 0 bridgehead atoms. The van der Waals surface area contributed by atoms with Gasteiger partial charge in [0.25, 0.3) is 0 Å². The minimum Gasteiger partial charge on any atom is -0.508 e. The predicted octanol–water partition coefficient (Wildman–Crippen LogP) is 3.72. The van der Waals surface area contributed by atoms with Crippen LogP contribution in [0.25, 0.3) is 0 Å². The Bertz CT molecular complexity index is 558. The monoisotopic (exact) mass is 261 g/mol. The maximum absolute atomic E-state index is 13.3. The highest BCUT2D eigenvalue weighted by Gasteiger charge is 2.09. The zero-order valence-corrected chi connectivity index (χ0v) is 10.8. The third kappa shape index (κ3) is 3.37. The van der Waals surface area contributed by atoms with Gasteiger partial charge in [0.2, 0.25) is 0 Å². The summed E-state index contributed by atoms with van der Waals surface area (Å²) < 4.78 is 13.3. The van der Waals surface area contributed by atoms with Crippen molar-refractivity contribution in [2.75, 3.05) is 5.32 Å². The molecule has 2 aromatic carbocycles. The second kappa shape index (κ2) is 5.18. The molecule has 0 amide bonds. The van der Waals surface area contributed by atoms with Gasteiger partial charge in [-0.25, -0.2) is 4.39 Å². The Morgan fingerprint density at radius 1 is 1.00 bits per heavy atom. The average molecular weight is 261 g/mol. The molecular formula is C15H16FNO2. The Hall–Kier alpha value is -2.23. The highest BCUT2D eigenvalue weighted by Crippen LogP contribution is 2.27. The molecule has 0 aliphatic rings. The molecule has 1 unspecified atom stereocenters. The van der Waals surface area contributed by atoms with Crippen LogP contribution in [0.3, 0.4) is 0 Å². The number of aromatic hydroxyl groups is 2. The summed E-state index contributed by atoms with van der Waals surface area (Å²) in [6.45, 7) is 3.69. The Morgan fingerprint density at radius 3 is 2.21 bits per heavy atom. The third-order valence-corrected chi connectivity index (χ3v) is 2.85. The summed E-state index contributed by atoms with van der Waals surface area (Å²) in [5.41, 5.74) is 2.21. The molecule has 19 heavy (non-hydrogen) atoms. The number of nitrogens with one attached hydrogen (secondary N) is 1. The maximum Gasteiger partial charge on any atom is 0.125 e. The van der Waals surface area contributed by atoms with E-state index < -0.39 is 0 Å². The van der Waals surface area contributed by atoms with Crippen LogP contribution in [0.4, 0.5) is 10.1 Å². The molecule has 0 aromatic heterocycles. The van der Waals surface area contributed by atoms with Crippen molar-refractivity contribution >= 4 is 5.69 Å². The fourth-order valence-electron chi connectivity index (χ4n) is 2.02. The van der Waals surface area contributed by atoms with Crippen molar-refractivity contribution in [3.63, 3.8) is 0 Å². The van der Waals surface area contributed by atoms with Crippen LogP contribution >= 0.6 is 0 Å². The molecule has 4 heteroatoms. The van der Waals surface area contributed by atoms with Crippen LogP contribution in [-0.4, -0.2) is 10.2 Å². The zero-order valence-electron chi connectivity index (χ0n) is 10.8. The van der Waals surface area contributed by atoms with E-state index in [-0.39, 0.29) is 23.4 Å². The summed E-state index contributed by atoms with van der Waals surface area (Å²) in [6, 6.07) is 8.92. The first-order valence-corrected chi connectivity index (χ1v) is 6.00. The molecule has 3 N–H and O–H groups in total. The molecule has 3 nitrogen and oxygen atoms in total. The molecule has 1 atom stereocenters. The van der Waals surface area contributed by atoms with Crippen LogP contribution in [0, 0.1) is 12.7 Å². The molecule has 0 aliphatic carbocycles. The van der Waals surface area contributed by atoms with Gasteiger partial charge in [0.05, 0.1) is 0 Å². The van der Waals surface area contributed by atoms with E-state index in [2.05, 4.69) is 5.32 Å². The van der Waals surface area contributed by atoms with E-state index in [1.54, 1.807) is 12.1 Å². The van der Waals surface area contributed by atoms with Gasteiger partial charge in [-0.05, 0) is 55.3 Å². The molecule has 100 valence electrons. The number of benzene rings is 2. The second-order valence-corrected chi connectivity index (χ2v) is 4.67. The SMILES string of the molecule is Cc1cc(F)cc(NC(C)c2cc(O)cc(O)c2)c1. The molecule has 0 saturated carbocycles. The lowest BCUT2D eigenvalue weighted by atomic mass is 10.1. The van der Waals surface area contributed by atoms with Crippen molar-refractivity contribution in [2.45, 2.75) is 19.9 Å². The van der Waals surface area contributed by atoms with Crippen LogP contribution in [0.15, 0.2) is 36.4 Å². The standard InChI is InChI=1S/C15H16FNO2/c1-9-3-12(16)7-13(4-9)17-10(2)11-5-14(18)8-15(19)6-11/h3-8,10,17-19H,1-2H3. The van der Waals surface area contributed by atoms with E-state index in [9.17, 15) is 14.6 Å². The van der Waals surface area contributed by atoms with Gasteiger partial charge in [0.1, 0.15) is 17.3 Å². The van der Waals surface area contributed by atoms with Crippen molar-refractivity contribution in [2.24, 2.45) is 0 Å². The summed E-state index contributed by atoms with van der Waals surface area (Å²) in [5, 5.41) is 22.0. The van der Waals surface area contributed by atoms with Gasteiger partial charge in [-0.2, -0.15) is 0 Å². The Kier molecular flexibility index (Phi) is 3.60. The van der Waals surface area contributed by atoms with Gasteiger partial charge in [-0.15, -0.1) is 0 Å². The van der Waals surface area contributed by atoms with Crippen LogP contribution in [0.1, 0.15) is 24.1 Å². The van der Waals surface area contributed by atoms with Gasteiger partial charge in [0.15, 0.2) is 0 Å². The maximum atomic E-state index is 13.3. The highest BCUT2D eigenvalue weighted by atomic mass is 19.1. The minimum absolute atomic E-state index is 0.000859.